The van der Waals surface area contributed by atoms with Gasteiger partial charge >= 0.3 is 0 Å². The van der Waals surface area contributed by atoms with Gasteiger partial charge in [0.05, 0.1) is 0 Å². The van der Waals surface area contributed by atoms with Gasteiger partial charge < -0.3 is 14.6 Å². The number of hydrogen-bond acceptors (Lipinski definition) is 3. The van der Waals surface area contributed by atoms with Gasteiger partial charge in [-0.3, -0.25) is 0 Å². The summed E-state index contributed by atoms with van der Waals surface area (Å²) in [5.41, 5.74) is 0. The molecule has 1 unspecified atom stereocenters. The third-order valence-electron chi connectivity index (χ3n) is 4.54. The molecule has 0 aromatic rings. The molecule has 23 heavy (non-hydrogen) atoms. The lowest BCUT2D eigenvalue weighted by Gasteiger charge is -2.38. The summed E-state index contributed by atoms with van der Waals surface area (Å²) in [7, 11) is 0. The molecular formula is C20H42O3. The van der Waals surface area contributed by atoms with Crippen LogP contribution in [0.15, 0.2) is 0 Å². The smallest absolute Gasteiger partial charge is 0.168 e. The highest BCUT2D eigenvalue weighted by Crippen LogP contribution is 2.32. The molecule has 140 valence electrons. The van der Waals surface area contributed by atoms with E-state index in [1.54, 1.807) is 0 Å². The largest absolute Gasteiger partial charge is 0.396 e. The highest BCUT2D eigenvalue weighted by molar-refractivity contribution is 4.76. The summed E-state index contributed by atoms with van der Waals surface area (Å²) in [6, 6.07) is 0. The van der Waals surface area contributed by atoms with Crippen molar-refractivity contribution >= 4 is 0 Å². The Morgan fingerprint density at radius 2 is 1.26 bits per heavy atom. The number of aliphatic hydroxyl groups is 1. The third kappa shape index (κ3) is 11.1. The van der Waals surface area contributed by atoms with Gasteiger partial charge in [0.25, 0.3) is 0 Å². The van der Waals surface area contributed by atoms with Crippen molar-refractivity contribution < 1.29 is 14.6 Å². The number of hydrogen-bond donors (Lipinski definition) is 1. The van der Waals surface area contributed by atoms with Crippen molar-refractivity contribution in [3.63, 3.8) is 0 Å². The first-order chi connectivity index (χ1) is 11.1. The Hall–Kier alpha value is -0.120. The molecule has 0 aromatic carbocycles. The van der Waals surface area contributed by atoms with E-state index in [9.17, 15) is 5.11 Å². The number of unbranched alkanes of at least 4 members (excludes halogenated alkanes) is 5. The van der Waals surface area contributed by atoms with E-state index in [0.717, 1.165) is 45.3 Å². The maximum atomic E-state index is 9.22. The molecule has 0 spiro atoms. The first kappa shape index (κ1) is 22.9. The van der Waals surface area contributed by atoms with Gasteiger partial charge in [-0.15, -0.1) is 0 Å². The number of rotatable bonds is 17. The average Bonchev–Trinajstić information content (AvgIpc) is 2.56. The predicted molar refractivity (Wildman–Crippen MR) is 98.7 cm³/mol. The van der Waals surface area contributed by atoms with Gasteiger partial charge in [0.1, 0.15) is 0 Å². The molecule has 0 amide bonds. The molecule has 3 nitrogen and oxygen atoms in total. The zero-order chi connectivity index (χ0) is 17.4. The van der Waals surface area contributed by atoms with Crippen LogP contribution in [-0.2, 0) is 9.47 Å². The van der Waals surface area contributed by atoms with Crippen LogP contribution in [-0.4, -0.2) is 30.7 Å². The molecule has 0 aromatic heterocycles. The highest BCUT2D eigenvalue weighted by Gasteiger charge is 2.35. The minimum atomic E-state index is -0.495. The van der Waals surface area contributed by atoms with Gasteiger partial charge in [0, 0.05) is 25.7 Å². The second kappa shape index (κ2) is 15.4. The molecule has 0 heterocycles. The van der Waals surface area contributed by atoms with Crippen LogP contribution < -0.4 is 0 Å². The Labute approximate surface area is 145 Å². The Balaban J connectivity index is 4.50. The predicted octanol–water partition coefficient (Wildman–Crippen LogP) is 5.70. The molecule has 0 radical (unpaired) electrons. The molecule has 0 bridgehead atoms. The molecule has 0 rings (SSSR count). The normalized spacial score (nSPS) is 13.4. The highest BCUT2D eigenvalue weighted by atomic mass is 16.7. The monoisotopic (exact) mass is 330 g/mol. The second-order valence-corrected chi connectivity index (χ2v) is 6.83. The maximum Gasteiger partial charge on any atom is 0.168 e. The lowest BCUT2D eigenvalue weighted by molar-refractivity contribution is -0.259. The quantitative estimate of drug-likeness (QED) is 0.275. The first-order valence-electron chi connectivity index (χ1n) is 10.0. The van der Waals surface area contributed by atoms with E-state index < -0.39 is 5.79 Å². The van der Waals surface area contributed by atoms with Crippen molar-refractivity contribution in [2.24, 2.45) is 5.92 Å². The van der Waals surface area contributed by atoms with Crippen molar-refractivity contribution in [2.45, 2.75) is 104 Å². The molecule has 1 atom stereocenters. The summed E-state index contributed by atoms with van der Waals surface area (Å²) in [5.74, 6) is -0.121. The molecule has 0 saturated heterocycles. The van der Waals surface area contributed by atoms with Gasteiger partial charge in [-0.2, -0.15) is 0 Å². The van der Waals surface area contributed by atoms with Crippen LogP contribution in [0, 0.1) is 5.92 Å². The minimum Gasteiger partial charge on any atom is -0.396 e. The fraction of sp³-hybridized carbons (Fsp3) is 1.00. The fourth-order valence-electron chi connectivity index (χ4n) is 3.06. The molecule has 0 aliphatic rings. The summed E-state index contributed by atoms with van der Waals surface area (Å²) < 4.78 is 12.3. The zero-order valence-corrected chi connectivity index (χ0v) is 16.2. The lowest BCUT2D eigenvalue weighted by Crippen LogP contribution is -2.41. The standard InChI is InChI=1S/C20H42O3/c1-5-8-9-10-11-12-14-19(15-13-16-21)20(4,22-17-6-2)23-18-7-3/h19,21H,5-18H2,1-4H3. The van der Waals surface area contributed by atoms with E-state index in [1.807, 2.05) is 0 Å². The summed E-state index contributed by atoms with van der Waals surface area (Å²) in [4.78, 5) is 0. The Morgan fingerprint density at radius 1 is 0.739 bits per heavy atom. The van der Waals surface area contributed by atoms with E-state index in [0.29, 0.717) is 5.92 Å². The number of ether oxygens (including phenoxy) is 2. The SMILES string of the molecule is CCCCCCCCC(CCCO)C(C)(OCCC)OCCC. The van der Waals surface area contributed by atoms with Crippen LogP contribution in [0.1, 0.15) is 98.3 Å². The molecule has 0 aliphatic carbocycles. The van der Waals surface area contributed by atoms with Gasteiger partial charge in [0.2, 0.25) is 0 Å². The number of aliphatic hydroxyl groups excluding tert-OH is 1. The van der Waals surface area contributed by atoms with Gasteiger partial charge in [-0.05, 0) is 39.0 Å². The first-order valence-corrected chi connectivity index (χ1v) is 10.0. The second-order valence-electron chi connectivity index (χ2n) is 6.83. The molecule has 0 saturated carbocycles. The van der Waals surface area contributed by atoms with E-state index in [1.165, 1.54) is 38.5 Å². The maximum absolute atomic E-state index is 9.22. The summed E-state index contributed by atoms with van der Waals surface area (Å²) in [6.45, 7) is 10.4. The van der Waals surface area contributed by atoms with Crippen LogP contribution in [0.5, 0.6) is 0 Å². The van der Waals surface area contributed by atoms with Crippen LogP contribution in [0.3, 0.4) is 0 Å². The molecule has 1 N–H and O–H groups in total. The summed E-state index contributed by atoms with van der Waals surface area (Å²) in [5, 5.41) is 9.22. The fourth-order valence-corrected chi connectivity index (χ4v) is 3.06. The van der Waals surface area contributed by atoms with Crippen molar-refractivity contribution in [3.05, 3.63) is 0 Å². The van der Waals surface area contributed by atoms with Crippen molar-refractivity contribution in [1.29, 1.82) is 0 Å². The van der Waals surface area contributed by atoms with E-state index in [-0.39, 0.29) is 6.61 Å². The van der Waals surface area contributed by atoms with Gasteiger partial charge in [0.15, 0.2) is 5.79 Å². The van der Waals surface area contributed by atoms with Gasteiger partial charge in [-0.25, -0.2) is 0 Å². The molecule has 0 fully saturated rings. The summed E-state index contributed by atoms with van der Waals surface area (Å²) >= 11 is 0. The molecule has 0 aliphatic heterocycles. The molecular weight excluding hydrogens is 288 g/mol. The van der Waals surface area contributed by atoms with E-state index in [4.69, 9.17) is 9.47 Å². The van der Waals surface area contributed by atoms with Crippen molar-refractivity contribution in [1.82, 2.24) is 0 Å². The average molecular weight is 331 g/mol. The van der Waals surface area contributed by atoms with Crippen LogP contribution in [0.4, 0.5) is 0 Å². The summed E-state index contributed by atoms with van der Waals surface area (Å²) in [6.07, 6.45) is 12.8. The van der Waals surface area contributed by atoms with Crippen LogP contribution in [0.2, 0.25) is 0 Å². The van der Waals surface area contributed by atoms with Crippen LogP contribution in [0.25, 0.3) is 0 Å². The van der Waals surface area contributed by atoms with Gasteiger partial charge in [-0.1, -0.05) is 59.3 Å². The van der Waals surface area contributed by atoms with E-state index >= 15 is 0 Å². The Bertz CT molecular complexity index is 235. The zero-order valence-electron chi connectivity index (χ0n) is 16.2. The van der Waals surface area contributed by atoms with E-state index in [2.05, 4.69) is 27.7 Å². The van der Waals surface area contributed by atoms with Crippen molar-refractivity contribution in [3.8, 4) is 0 Å². The molecule has 3 heteroatoms. The Morgan fingerprint density at radius 3 is 1.78 bits per heavy atom. The minimum absolute atomic E-state index is 0.255. The lowest BCUT2D eigenvalue weighted by atomic mass is 9.88. The van der Waals surface area contributed by atoms with Crippen molar-refractivity contribution in [2.75, 3.05) is 19.8 Å². The topological polar surface area (TPSA) is 38.7 Å². The Kier molecular flexibility index (Phi) is 15.3. The third-order valence-corrected chi connectivity index (χ3v) is 4.54. The van der Waals surface area contributed by atoms with Crippen LogP contribution >= 0.6 is 0 Å².